The lowest BCUT2D eigenvalue weighted by atomic mass is 9.52. The number of benzene rings is 1. The summed E-state index contributed by atoms with van der Waals surface area (Å²) in [7, 11) is -0.361. The maximum absolute atomic E-state index is 6.17. The number of pyridine rings is 1. The number of rotatable bonds is 2. The summed E-state index contributed by atoms with van der Waals surface area (Å²) in [6.07, 6.45) is 7.14. The fraction of sp³-hybridized carbons (Fsp3) is 0.560. The second-order valence-electron chi connectivity index (χ2n) is 10.9. The first-order valence-electron chi connectivity index (χ1n) is 11.0. The van der Waals surface area contributed by atoms with Gasteiger partial charge in [-0.05, 0) is 87.5 Å². The number of hydrogen-bond donors (Lipinski definition) is 0. The van der Waals surface area contributed by atoms with Gasteiger partial charge >= 0.3 is 7.12 Å². The Morgan fingerprint density at radius 3 is 1.90 bits per heavy atom. The molecule has 3 nitrogen and oxygen atoms in total. The van der Waals surface area contributed by atoms with E-state index in [2.05, 4.69) is 71.9 Å². The zero-order valence-corrected chi connectivity index (χ0v) is 18.6. The monoisotopic (exact) mass is 389 g/mol. The first-order chi connectivity index (χ1) is 13.5. The standard InChI is InChI=1S/C25H32BNO2/c1-22(2)23(3,4)29-26(28-22)18-8-10-21(27-16-18)17-7-9-19-20(15-17)25(6)13-11-24(19,5)12-14-25/h7-10,15-16H,11-14H2,1-6H3. The van der Waals surface area contributed by atoms with Gasteiger partial charge in [-0.25, -0.2) is 0 Å². The third-order valence-electron chi connectivity index (χ3n) is 8.38. The summed E-state index contributed by atoms with van der Waals surface area (Å²) in [5, 5.41) is 0. The molecule has 29 heavy (non-hydrogen) atoms. The molecule has 2 heterocycles. The van der Waals surface area contributed by atoms with Crippen molar-refractivity contribution in [2.75, 3.05) is 0 Å². The highest BCUT2D eigenvalue weighted by Gasteiger charge is 2.52. The molecule has 1 aromatic carbocycles. The second-order valence-corrected chi connectivity index (χ2v) is 10.9. The van der Waals surface area contributed by atoms with Gasteiger partial charge in [-0.1, -0.05) is 32.0 Å². The molecule has 1 saturated carbocycles. The van der Waals surface area contributed by atoms with Gasteiger partial charge < -0.3 is 9.31 Å². The molecule has 4 heteroatoms. The smallest absolute Gasteiger partial charge is 0.399 e. The number of nitrogens with zero attached hydrogens (tertiary/aromatic N) is 1. The van der Waals surface area contributed by atoms with Gasteiger partial charge in [0, 0.05) is 17.2 Å². The van der Waals surface area contributed by atoms with E-state index < -0.39 is 0 Å². The summed E-state index contributed by atoms with van der Waals surface area (Å²) in [6, 6.07) is 11.2. The molecule has 0 radical (unpaired) electrons. The van der Waals surface area contributed by atoms with E-state index in [-0.39, 0.29) is 18.3 Å². The fourth-order valence-electron chi connectivity index (χ4n) is 5.32. The second kappa shape index (κ2) is 5.95. The molecule has 0 N–H and O–H groups in total. The minimum Gasteiger partial charge on any atom is -0.399 e. The van der Waals surface area contributed by atoms with Crippen molar-refractivity contribution < 1.29 is 9.31 Å². The van der Waals surface area contributed by atoms with Crippen molar-refractivity contribution in [2.45, 2.75) is 89.3 Å². The third-order valence-corrected chi connectivity index (χ3v) is 8.38. The average Bonchev–Trinajstić information content (AvgIpc) is 2.91. The molecule has 1 aliphatic heterocycles. The molecular weight excluding hydrogens is 357 g/mol. The van der Waals surface area contributed by atoms with Gasteiger partial charge in [0.25, 0.3) is 0 Å². The van der Waals surface area contributed by atoms with E-state index in [1.54, 1.807) is 11.1 Å². The van der Waals surface area contributed by atoms with Crippen LogP contribution in [0.3, 0.4) is 0 Å². The average molecular weight is 389 g/mol. The van der Waals surface area contributed by atoms with Crippen LogP contribution in [0.5, 0.6) is 0 Å². The molecule has 3 aliphatic carbocycles. The SMILES string of the molecule is CC12CCC(C)(CC1)c1cc(-c3ccc(B4OC(C)(C)C(C)(C)O4)cn3)ccc12. The minimum absolute atomic E-state index is 0.325. The van der Waals surface area contributed by atoms with Gasteiger partial charge in [-0.2, -0.15) is 0 Å². The summed E-state index contributed by atoms with van der Waals surface area (Å²) < 4.78 is 12.3. The molecule has 152 valence electrons. The molecule has 0 amide bonds. The normalized spacial score (nSPS) is 31.7. The molecule has 6 rings (SSSR count). The Morgan fingerprint density at radius 1 is 0.759 bits per heavy atom. The fourth-order valence-corrected chi connectivity index (χ4v) is 5.32. The van der Waals surface area contributed by atoms with Crippen LogP contribution in [-0.2, 0) is 20.1 Å². The molecule has 1 saturated heterocycles. The van der Waals surface area contributed by atoms with Crippen molar-refractivity contribution in [3.63, 3.8) is 0 Å². The molecule has 1 aromatic heterocycles. The lowest BCUT2D eigenvalue weighted by Gasteiger charge is -2.52. The molecule has 0 spiro atoms. The van der Waals surface area contributed by atoms with Crippen LogP contribution >= 0.6 is 0 Å². The molecular formula is C25H32BNO2. The summed E-state index contributed by atoms with van der Waals surface area (Å²) in [5.74, 6) is 0. The van der Waals surface area contributed by atoms with Crippen molar-refractivity contribution in [3.05, 3.63) is 47.7 Å². The molecule has 0 unspecified atom stereocenters. The quantitative estimate of drug-likeness (QED) is 0.666. The van der Waals surface area contributed by atoms with Gasteiger partial charge in [0.2, 0.25) is 0 Å². The Labute approximate surface area is 175 Å². The zero-order valence-electron chi connectivity index (χ0n) is 18.6. The van der Waals surface area contributed by atoms with E-state index in [4.69, 9.17) is 14.3 Å². The molecule has 2 bridgehead atoms. The van der Waals surface area contributed by atoms with Crippen LogP contribution < -0.4 is 5.46 Å². The van der Waals surface area contributed by atoms with E-state index in [1.165, 1.54) is 31.2 Å². The number of fused-ring (bicyclic) bond motifs is 2. The summed E-state index contributed by atoms with van der Waals surface area (Å²) >= 11 is 0. The maximum Gasteiger partial charge on any atom is 0.496 e. The Kier molecular flexibility index (Phi) is 3.97. The van der Waals surface area contributed by atoms with Crippen molar-refractivity contribution in [1.29, 1.82) is 0 Å². The lowest BCUT2D eigenvalue weighted by molar-refractivity contribution is 0.00578. The Bertz CT molecular complexity index is 939. The highest BCUT2D eigenvalue weighted by molar-refractivity contribution is 6.62. The van der Waals surface area contributed by atoms with Gasteiger partial charge in [0.1, 0.15) is 0 Å². The summed E-state index contributed by atoms with van der Waals surface area (Å²) in [4.78, 5) is 4.78. The highest BCUT2D eigenvalue weighted by atomic mass is 16.7. The van der Waals surface area contributed by atoms with E-state index in [0.717, 1.165) is 11.2 Å². The molecule has 0 atom stereocenters. The van der Waals surface area contributed by atoms with E-state index >= 15 is 0 Å². The largest absolute Gasteiger partial charge is 0.496 e. The third kappa shape index (κ3) is 2.83. The van der Waals surface area contributed by atoms with Crippen LogP contribution in [-0.4, -0.2) is 23.3 Å². The Hall–Kier alpha value is -1.65. The van der Waals surface area contributed by atoms with Gasteiger partial charge in [0.15, 0.2) is 0 Å². The Morgan fingerprint density at radius 2 is 1.34 bits per heavy atom. The zero-order chi connectivity index (χ0) is 20.7. The molecule has 2 aromatic rings. The first-order valence-corrected chi connectivity index (χ1v) is 11.0. The van der Waals surface area contributed by atoms with Crippen LogP contribution in [0.1, 0.15) is 78.4 Å². The summed E-state index contributed by atoms with van der Waals surface area (Å²) in [5.41, 5.74) is 6.33. The Balaban J connectivity index is 1.45. The van der Waals surface area contributed by atoms with E-state index in [9.17, 15) is 0 Å². The molecule has 4 aliphatic rings. The van der Waals surface area contributed by atoms with E-state index in [0.29, 0.717) is 10.8 Å². The van der Waals surface area contributed by atoms with Crippen LogP contribution in [0.25, 0.3) is 11.3 Å². The number of hydrogen-bond acceptors (Lipinski definition) is 3. The van der Waals surface area contributed by atoms with Crippen molar-refractivity contribution in [3.8, 4) is 11.3 Å². The van der Waals surface area contributed by atoms with Crippen molar-refractivity contribution in [2.24, 2.45) is 0 Å². The van der Waals surface area contributed by atoms with Crippen LogP contribution in [0, 0.1) is 0 Å². The summed E-state index contributed by atoms with van der Waals surface area (Å²) in [6.45, 7) is 13.2. The maximum atomic E-state index is 6.17. The first kappa shape index (κ1) is 19.3. The van der Waals surface area contributed by atoms with Crippen LogP contribution in [0.15, 0.2) is 36.5 Å². The predicted molar refractivity (Wildman–Crippen MR) is 119 cm³/mol. The van der Waals surface area contributed by atoms with E-state index in [1.807, 2.05) is 6.20 Å². The lowest BCUT2D eigenvalue weighted by Crippen LogP contribution is -2.44. The van der Waals surface area contributed by atoms with Crippen LogP contribution in [0.4, 0.5) is 0 Å². The number of aromatic nitrogens is 1. The van der Waals surface area contributed by atoms with Crippen LogP contribution in [0.2, 0.25) is 0 Å². The predicted octanol–water partition coefficient (Wildman–Crippen LogP) is 5.15. The topological polar surface area (TPSA) is 31.4 Å². The minimum atomic E-state index is -0.361. The molecule has 2 fully saturated rings. The van der Waals surface area contributed by atoms with Gasteiger partial charge in [-0.3, -0.25) is 4.98 Å². The van der Waals surface area contributed by atoms with Gasteiger partial charge in [0.05, 0.1) is 16.9 Å². The van der Waals surface area contributed by atoms with Crippen molar-refractivity contribution >= 4 is 12.6 Å². The van der Waals surface area contributed by atoms with Crippen molar-refractivity contribution in [1.82, 2.24) is 4.98 Å². The van der Waals surface area contributed by atoms with Gasteiger partial charge in [-0.15, -0.1) is 0 Å². The highest BCUT2D eigenvalue weighted by Crippen LogP contribution is 2.56.